The smallest absolute Gasteiger partial charge is 0.265 e. The maximum Gasteiger partial charge on any atom is 0.265 e. The standard InChI is InChI=1S/C23H28BrN3O3S/c1-14-9-19(24)10-15(2)22(14)27-12-16(3)21-20(27)11-17(4)25-23(21)26-7-5-18(6-8-26)13-31(28,29)30/h9-12,18H,5-8,13H2,1-4H3,(H,28,29,30). The lowest BCUT2D eigenvalue weighted by molar-refractivity contribution is 0.413. The Morgan fingerprint density at radius 1 is 1.06 bits per heavy atom. The number of aromatic nitrogens is 2. The van der Waals surface area contributed by atoms with E-state index in [2.05, 4.69) is 70.6 Å². The zero-order valence-corrected chi connectivity index (χ0v) is 20.7. The largest absolute Gasteiger partial charge is 0.356 e. The van der Waals surface area contributed by atoms with Crippen LogP contribution < -0.4 is 4.90 Å². The number of halogens is 1. The van der Waals surface area contributed by atoms with Crippen LogP contribution in [0.2, 0.25) is 0 Å². The molecular weight excluding hydrogens is 478 g/mol. The second-order valence-corrected chi connectivity index (χ2v) is 11.1. The monoisotopic (exact) mass is 505 g/mol. The van der Waals surface area contributed by atoms with E-state index >= 15 is 0 Å². The molecule has 1 aliphatic rings. The summed E-state index contributed by atoms with van der Waals surface area (Å²) in [4.78, 5) is 7.15. The number of aryl methyl sites for hydroxylation is 4. The molecule has 1 fully saturated rings. The van der Waals surface area contributed by atoms with Crippen LogP contribution in [0.3, 0.4) is 0 Å². The summed E-state index contributed by atoms with van der Waals surface area (Å²) >= 11 is 3.59. The highest BCUT2D eigenvalue weighted by atomic mass is 79.9. The molecule has 0 radical (unpaired) electrons. The van der Waals surface area contributed by atoms with Crippen molar-refractivity contribution >= 4 is 42.8 Å². The number of anilines is 1. The zero-order valence-electron chi connectivity index (χ0n) is 18.3. The molecular formula is C23H28BrN3O3S. The van der Waals surface area contributed by atoms with Gasteiger partial charge in [-0.2, -0.15) is 8.42 Å². The van der Waals surface area contributed by atoms with Crippen LogP contribution in [0.4, 0.5) is 5.82 Å². The molecule has 6 nitrogen and oxygen atoms in total. The number of hydrogen-bond acceptors (Lipinski definition) is 4. The van der Waals surface area contributed by atoms with Crippen molar-refractivity contribution in [3.63, 3.8) is 0 Å². The Bertz CT molecular complexity index is 1240. The van der Waals surface area contributed by atoms with Gasteiger partial charge in [-0.1, -0.05) is 15.9 Å². The molecule has 1 aliphatic heterocycles. The second-order valence-electron chi connectivity index (χ2n) is 8.73. The summed E-state index contributed by atoms with van der Waals surface area (Å²) in [6, 6.07) is 6.41. The summed E-state index contributed by atoms with van der Waals surface area (Å²) in [5.74, 6) is 0.795. The van der Waals surface area contributed by atoms with Crippen LogP contribution in [0.5, 0.6) is 0 Å². The van der Waals surface area contributed by atoms with E-state index in [4.69, 9.17) is 4.98 Å². The molecule has 0 spiro atoms. The zero-order chi connectivity index (χ0) is 22.5. The highest BCUT2D eigenvalue weighted by molar-refractivity contribution is 9.10. The summed E-state index contributed by atoms with van der Waals surface area (Å²) in [6.07, 6.45) is 3.63. The van der Waals surface area contributed by atoms with Crippen molar-refractivity contribution in [3.05, 3.63) is 51.3 Å². The Balaban J connectivity index is 1.76. The van der Waals surface area contributed by atoms with Gasteiger partial charge in [0, 0.05) is 34.8 Å². The Labute approximate surface area is 192 Å². The number of pyridine rings is 1. The van der Waals surface area contributed by atoms with Gasteiger partial charge < -0.3 is 9.47 Å². The van der Waals surface area contributed by atoms with Crippen LogP contribution in [0.1, 0.15) is 35.2 Å². The first kappa shape index (κ1) is 22.3. The van der Waals surface area contributed by atoms with E-state index in [-0.39, 0.29) is 11.7 Å². The first-order valence-electron chi connectivity index (χ1n) is 10.5. The SMILES string of the molecule is Cc1cc2c(c(C)cn2-c2c(C)cc(Br)cc2C)c(N2CCC(CS(=O)(=O)O)CC2)n1. The molecule has 3 heterocycles. The molecule has 0 amide bonds. The van der Waals surface area contributed by atoms with Gasteiger partial charge in [0.05, 0.1) is 17.0 Å². The lowest BCUT2D eigenvalue weighted by atomic mass is 9.98. The van der Waals surface area contributed by atoms with Gasteiger partial charge in [-0.3, -0.25) is 4.55 Å². The van der Waals surface area contributed by atoms with Crippen LogP contribution in [0, 0.1) is 33.6 Å². The number of fused-ring (bicyclic) bond motifs is 1. The Hall–Kier alpha value is -1.90. The van der Waals surface area contributed by atoms with E-state index in [0.29, 0.717) is 0 Å². The lowest BCUT2D eigenvalue weighted by Crippen LogP contribution is -2.36. The molecule has 0 atom stereocenters. The van der Waals surface area contributed by atoms with E-state index in [9.17, 15) is 13.0 Å². The Morgan fingerprint density at radius 2 is 1.68 bits per heavy atom. The van der Waals surface area contributed by atoms with Crippen LogP contribution in [-0.4, -0.2) is 41.4 Å². The minimum absolute atomic E-state index is 0.00897. The fraction of sp³-hybridized carbons (Fsp3) is 0.435. The summed E-state index contributed by atoms with van der Waals surface area (Å²) < 4.78 is 35.0. The molecule has 166 valence electrons. The lowest BCUT2D eigenvalue weighted by Gasteiger charge is -2.33. The molecule has 2 aromatic heterocycles. The maximum absolute atomic E-state index is 11.3. The van der Waals surface area contributed by atoms with Crippen LogP contribution in [0.25, 0.3) is 16.6 Å². The molecule has 8 heteroatoms. The predicted octanol–water partition coefficient (Wildman–Crippen LogP) is 5.13. The van der Waals surface area contributed by atoms with E-state index in [0.717, 1.165) is 52.8 Å². The molecule has 0 saturated carbocycles. The number of hydrogen-bond donors (Lipinski definition) is 1. The number of piperidine rings is 1. The van der Waals surface area contributed by atoms with Crippen molar-refractivity contribution in [2.75, 3.05) is 23.7 Å². The number of nitrogens with zero attached hydrogens (tertiary/aromatic N) is 3. The third-order valence-corrected chi connectivity index (χ3v) is 7.49. The first-order chi connectivity index (χ1) is 14.5. The van der Waals surface area contributed by atoms with Gasteiger partial charge >= 0.3 is 0 Å². The van der Waals surface area contributed by atoms with Crippen molar-refractivity contribution in [1.29, 1.82) is 0 Å². The fourth-order valence-electron chi connectivity index (χ4n) is 4.84. The van der Waals surface area contributed by atoms with Crippen molar-refractivity contribution in [3.8, 4) is 5.69 Å². The molecule has 4 rings (SSSR count). The average Bonchev–Trinajstić information content (AvgIpc) is 2.96. The highest BCUT2D eigenvalue weighted by Gasteiger charge is 2.26. The molecule has 31 heavy (non-hydrogen) atoms. The molecule has 1 N–H and O–H groups in total. The normalized spacial score (nSPS) is 15.7. The summed E-state index contributed by atoms with van der Waals surface area (Å²) in [5.41, 5.74) is 6.84. The van der Waals surface area contributed by atoms with Crippen molar-refractivity contribution in [2.24, 2.45) is 5.92 Å². The van der Waals surface area contributed by atoms with Crippen molar-refractivity contribution in [1.82, 2.24) is 9.55 Å². The Morgan fingerprint density at radius 3 is 2.26 bits per heavy atom. The topological polar surface area (TPSA) is 75.4 Å². The summed E-state index contributed by atoms with van der Waals surface area (Å²) in [7, 11) is -3.93. The Kier molecular flexibility index (Phi) is 5.91. The van der Waals surface area contributed by atoms with Gasteiger partial charge in [-0.15, -0.1) is 0 Å². The van der Waals surface area contributed by atoms with Gasteiger partial charge in [-0.25, -0.2) is 4.98 Å². The third kappa shape index (κ3) is 4.52. The molecule has 0 aliphatic carbocycles. The van der Waals surface area contributed by atoms with E-state index < -0.39 is 10.1 Å². The van der Waals surface area contributed by atoms with Gasteiger partial charge in [0.2, 0.25) is 0 Å². The molecule has 0 unspecified atom stereocenters. The van der Waals surface area contributed by atoms with Crippen LogP contribution >= 0.6 is 15.9 Å². The average molecular weight is 506 g/mol. The quantitative estimate of drug-likeness (QED) is 0.497. The highest BCUT2D eigenvalue weighted by Crippen LogP contribution is 2.36. The summed E-state index contributed by atoms with van der Waals surface area (Å²) in [6.45, 7) is 9.85. The minimum Gasteiger partial charge on any atom is -0.356 e. The molecule has 1 aromatic carbocycles. The third-order valence-electron chi connectivity index (χ3n) is 6.14. The number of benzene rings is 1. The molecule has 1 saturated heterocycles. The van der Waals surface area contributed by atoms with Crippen molar-refractivity contribution in [2.45, 2.75) is 40.5 Å². The van der Waals surface area contributed by atoms with Crippen LogP contribution in [-0.2, 0) is 10.1 Å². The minimum atomic E-state index is -3.93. The number of rotatable bonds is 4. The van der Waals surface area contributed by atoms with Crippen molar-refractivity contribution < 1.29 is 13.0 Å². The van der Waals surface area contributed by atoms with Gasteiger partial charge in [-0.05, 0) is 81.3 Å². The maximum atomic E-state index is 11.3. The van der Waals surface area contributed by atoms with Gasteiger partial charge in [0.1, 0.15) is 5.82 Å². The predicted molar refractivity (Wildman–Crippen MR) is 129 cm³/mol. The van der Waals surface area contributed by atoms with Gasteiger partial charge in [0.25, 0.3) is 10.1 Å². The van der Waals surface area contributed by atoms with E-state index in [1.54, 1.807) is 0 Å². The molecule has 3 aromatic rings. The molecule has 0 bridgehead atoms. The fourth-order valence-corrected chi connectivity index (χ4v) is 6.46. The van der Waals surface area contributed by atoms with Crippen LogP contribution in [0.15, 0.2) is 28.9 Å². The second kappa shape index (κ2) is 8.22. The first-order valence-corrected chi connectivity index (χ1v) is 12.9. The summed E-state index contributed by atoms with van der Waals surface area (Å²) in [5, 5.41) is 1.14. The van der Waals surface area contributed by atoms with E-state index in [1.807, 2.05) is 6.92 Å². The van der Waals surface area contributed by atoms with E-state index in [1.165, 1.54) is 22.4 Å². The van der Waals surface area contributed by atoms with Gasteiger partial charge in [0.15, 0.2) is 0 Å².